The predicted molar refractivity (Wildman–Crippen MR) is 56.7 cm³/mol. The van der Waals surface area contributed by atoms with E-state index in [4.69, 9.17) is 9.47 Å². The second-order valence-corrected chi connectivity index (χ2v) is 3.07. The second-order valence-electron chi connectivity index (χ2n) is 3.07. The zero-order valence-corrected chi connectivity index (χ0v) is 8.91. The number of benzene rings is 1. The first kappa shape index (κ1) is 11.0. The number of nitrogens with one attached hydrogen (secondary N) is 1. The monoisotopic (exact) mass is 195 g/mol. The van der Waals surface area contributed by atoms with Gasteiger partial charge in [0.2, 0.25) is 0 Å². The molecule has 0 aliphatic heterocycles. The van der Waals surface area contributed by atoms with Crippen molar-refractivity contribution >= 4 is 0 Å². The molecular weight excluding hydrogens is 178 g/mol. The van der Waals surface area contributed by atoms with Gasteiger partial charge in [-0.15, -0.1) is 0 Å². The molecule has 78 valence electrons. The van der Waals surface area contributed by atoms with Crippen LogP contribution < -0.4 is 10.1 Å². The van der Waals surface area contributed by atoms with Gasteiger partial charge in [-0.05, 0) is 24.7 Å². The van der Waals surface area contributed by atoms with Gasteiger partial charge in [0.15, 0.2) is 0 Å². The maximum atomic E-state index is 5.11. The Labute approximate surface area is 85.0 Å². The number of methoxy groups -OCH3 is 2. The predicted octanol–water partition coefficient (Wildman–Crippen LogP) is 1.60. The van der Waals surface area contributed by atoms with Crippen LogP contribution in [0.1, 0.15) is 11.6 Å². The van der Waals surface area contributed by atoms with Crippen LogP contribution in [0.2, 0.25) is 0 Å². The van der Waals surface area contributed by atoms with E-state index in [9.17, 15) is 0 Å². The summed E-state index contributed by atoms with van der Waals surface area (Å²) in [5, 5.41) is 3.19. The topological polar surface area (TPSA) is 30.5 Å². The number of ether oxygens (including phenoxy) is 2. The molecule has 0 amide bonds. The molecule has 14 heavy (non-hydrogen) atoms. The molecule has 0 aliphatic rings. The van der Waals surface area contributed by atoms with Crippen LogP contribution >= 0.6 is 0 Å². The summed E-state index contributed by atoms with van der Waals surface area (Å²) < 4.78 is 10.2. The van der Waals surface area contributed by atoms with Gasteiger partial charge < -0.3 is 14.8 Å². The van der Waals surface area contributed by atoms with Crippen molar-refractivity contribution < 1.29 is 9.47 Å². The highest BCUT2D eigenvalue weighted by atomic mass is 16.5. The van der Waals surface area contributed by atoms with Crippen molar-refractivity contribution in [2.45, 2.75) is 6.04 Å². The van der Waals surface area contributed by atoms with Crippen LogP contribution in [0.3, 0.4) is 0 Å². The van der Waals surface area contributed by atoms with Crippen molar-refractivity contribution in [2.75, 3.05) is 27.9 Å². The standard InChI is InChI=1S/C11H17NO2/c1-12-11(8-13-2)9-4-6-10(14-3)7-5-9/h4-7,11-12H,8H2,1-3H3/t11-/m0/s1. The normalized spacial score (nSPS) is 12.5. The van der Waals surface area contributed by atoms with Crippen molar-refractivity contribution in [1.29, 1.82) is 0 Å². The summed E-state index contributed by atoms with van der Waals surface area (Å²) >= 11 is 0. The average Bonchev–Trinajstić information content (AvgIpc) is 2.26. The molecule has 0 aromatic heterocycles. The van der Waals surface area contributed by atoms with Crippen LogP contribution in [0.4, 0.5) is 0 Å². The molecule has 0 saturated heterocycles. The van der Waals surface area contributed by atoms with Gasteiger partial charge in [0.1, 0.15) is 5.75 Å². The van der Waals surface area contributed by atoms with Crippen molar-refractivity contribution in [3.05, 3.63) is 29.8 Å². The molecule has 0 radical (unpaired) electrons. The maximum absolute atomic E-state index is 5.11. The lowest BCUT2D eigenvalue weighted by Crippen LogP contribution is -2.20. The summed E-state index contributed by atoms with van der Waals surface area (Å²) in [5.74, 6) is 0.876. The first-order chi connectivity index (χ1) is 6.81. The second kappa shape index (κ2) is 5.62. The molecule has 1 atom stereocenters. The quantitative estimate of drug-likeness (QED) is 0.774. The Bertz CT molecular complexity index is 258. The van der Waals surface area contributed by atoms with Crippen LogP contribution in [-0.2, 0) is 4.74 Å². The molecule has 0 heterocycles. The molecular formula is C11H17NO2. The van der Waals surface area contributed by atoms with E-state index in [-0.39, 0.29) is 6.04 Å². The molecule has 1 aromatic carbocycles. The minimum Gasteiger partial charge on any atom is -0.497 e. The lowest BCUT2D eigenvalue weighted by molar-refractivity contribution is 0.170. The Morgan fingerprint density at radius 1 is 1.21 bits per heavy atom. The van der Waals surface area contributed by atoms with E-state index in [1.807, 2.05) is 31.3 Å². The fourth-order valence-electron chi connectivity index (χ4n) is 1.35. The van der Waals surface area contributed by atoms with Gasteiger partial charge in [0.25, 0.3) is 0 Å². The lowest BCUT2D eigenvalue weighted by Gasteiger charge is -2.15. The lowest BCUT2D eigenvalue weighted by atomic mass is 10.1. The zero-order chi connectivity index (χ0) is 10.4. The summed E-state index contributed by atoms with van der Waals surface area (Å²) in [6.07, 6.45) is 0. The van der Waals surface area contributed by atoms with Crippen molar-refractivity contribution in [2.24, 2.45) is 0 Å². The Morgan fingerprint density at radius 3 is 2.29 bits per heavy atom. The fourth-order valence-corrected chi connectivity index (χ4v) is 1.35. The minimum atomic E-state index is 0.242. The van der Waals surface area contributed by atoms with Gasteiger partial charge in [0, 0.05) is 7.11 Å². The molecule has 0 bridgehead atoms. The number of likely N-dealkylation sites (N-methyl/N-ethyl adjacent to an activating group) is 1. The summed E-state index contributed by atoms with van der Waals surface area (Å²) in [6, 6.07) is 8.23. The number of rotatable bonds is 5. The first-order valence-electron chi connectivity index (χ1n) is 4.62. The van der Waals surface area contributed by atoms with Gasteiger partial charge in [-0.1, -0.05) is 12.1 Å². The van der Waals surface area contributed by atoms with Crippen molar-refractivity contribution in [3.63, 3.8) is 0 Å². The maximum Gasteiger partial charge on any atom is 0.118 e. The third kappa shape index (κ3) is 2.72. The first-order valence-corrected chi connectivity index (χ1v) is 4.62. The van der Waals surface area contributed by atoms with Crippen LogP contribution in [0.25, 0.3) is 0 Å². The SMILES string of the molecule is CN[C@@H](COC)c1ccc(OC)cc1. The Balaban J connectivity index is 2.73. The summed E-state index contributed by atoms with van der Waals surface area (Å²) in [4.78, 5) is 0. The van der Waals surface area contributed by atoms with Crippen LogP contribution in [0, 0.1) is 0 Å². The highest BCUT2D eigenvalue weighted by Gasteiger charge is 2.07. The molecule has 0 unspecified atom stereocenters. The summed E-state index contributed by atoms with van der Waals surface area (Å²) in [6.45, 7) is 0.669. The van der Waals surface area contributed by atoms with Crippen molar-refractivity contribution in [1.82, 2.24) is 5.32 Å². The Hall–Kier alpha value is -1.06. The van der Waals surface area contributed by atoms with E-state index in [0.717, 1.165) is 5.75 Å². The van der Waals surface area contributed by atoms with Gasteiger partial charge in [0.05, 0.1) is 19.8 Å². The van der Waals surface area contributed by atoms with Gasteiger partial charge >= 0.3 is 0 Å². The van der Waals surface area contributed by atoms with E-state index in [1.165, 1.54) is 5.56 Å². The Morgan fingerprint density at radius 2 is 1.86 bits per heavy atom. The Kier molecular flexibility index (Phi) is 4.43. The van der Waals surface area contributed by atoms with E-state index in [0.29, 0.717) is 6.61 Å². The van der Waals surface area contributed by atoms with Crippen molar-refractivity contribution in [3.8, 4) is 5.75 Å². The van der Waals surface area contributed by atoms with E-state index < -0.39 is 0 Å². The largest absolute Gasteiger partial charge is 0.497 e. The third-order valence-corrected chi connectivity index (χ3v) is 2.20. The third-order valence-electron chi connectivity index (χ3n) is 2.20. The molecule has 0 spiro atoms. The highest BCUT2D eigenvalue weighted by Crippen LogP contribution is 2.17. The van der Waals surface area contributed by atoms with Crippen LogP contribution in [0.5, 0.6) is 5.75 Å². The van der Waals surface area contributed by atoms with E-state index >= 15 is 0 Å². The molecule has 3 heteroatoms. The zero-order valence-electron chi connectivity index (χ0n) is 8.91. The highest BCUT2D eigenvalue weighted by molar-refractivity contribution is 5.29. The number of hydrogen-bond acceptors (Lipinski definition) is 3. The summed E-state index contributed by atoms with van der Waals surface area (Å²) in [5.41, 5.74) is 1.20. The molecule has 1 rings (SSSR count). The molecule has 1 N–H and O–H groups in total. The molecule has 0 fully saturated rings. The molecule has 1 aromatic rings. The van der Waals surface area contributed by atoms with Crippen LogP contribution in [0.15, 0.2) is 24.3 Å². The molecule has 0 saturated carbocycles. The minimum absolute atomic E-state index is 0.242. The summed E-state index contributed by atoms with van der Waals surface area (Å²) in [7, 11) is 5.29. The fraction of sp³-hybridized carbons (Fsp3) is 0.455. The van der Waals surface area contributed by atoms with Gasteiger partial charge in [-0.25, -0.2) is 0 Å². The average molecular weight is 195 g/mol. The molecule has 0 aliphatic carbocycles. The van der Waals surface area contributed by atoms with E-state index in [1.54, 1.807) is 14.2 Å². The molecule has 3 nitrogen and oxygen atoms in total. The van der Waals surface area contributed by atoms with Crippen LogP contribution in [-0.4, -0.2) is 27.9 Å². The number of hydrogen-bond donors (Lipinski definition) is 1. The smallest absolute Gasteiger partial charge is 0.118 e. The van der Waals surface area contributed by atoms with Gasteiger partial charge in [-0.3, -0.25) is 0 Å². The van der Waals surface area contributed by atoms with Gasteiger partial charge in [-0.2, -0.15) is 0 Å². The van der Waals surface area contributed by atoms with E-state index in [2.05, 4.69) is 5.32 Å².